The van der Waals surface area contributed by atoms with Crippen molar-refractivity contribution in [2.45, 2.75) is 45.7 Å². The summed E-state index contributed by atoms with van der Waals surface area (Å²) in [5.41, 5.74) is 0. The molecule has 16 heavy (non-hydrogen) atoms. The first-order valence-electron chi connectivity index (χ1n) is 6.23. The smallest absolute Gasteiger partial charge is 0.222 e. The van der Waals surface area contributed by atoms with Crippen LogP contribution in [0.1, 0.15) is 33.6 Å². The molecule has 0 aromatic heterocycles. The Bertz CT molecular complexity index is 231. The SMILES string of the molecule is CCCC(=O)N1CC(C(C)C)NCC1CO. The second-order valence-electron chi connectivity index (χ2n) is 4.89. The first kappa shape index (κ1) is 13.5. The number of carbonyl (C=O) groups excluding carboxylic acids is 1. The van der Waals surface area contributed by atoms with Gasteiger partial charge in [0.1, 0.15) is 0 Å². The number of piperazine rings is 1. The van der Waals surface area contributed by atoms with Gasteiger partial charge in [-0.3, -0.25) is 4.79 Å². The Balaban J connectivity index is 2.63. The van der Waals surface area contributed by atoms with Gasteiger partial charge in [-0.05, 0) is 12.3 Å². The van der Waals surface area contributed by atoms with E-state index >= 15 is 0 Å². The number of nitrogens with zero attached hydrogens (tertiary/aromatic N) is 1. The minimum atomic E-state index is -0.0472. The van der Waals surface area contributed by atoms with Crippen LogP contribution in [-0.4, -0.2) is 47.7 Å². The fraction of sp³-hybridized carbons (Fsp3) is 0.917. The highest BCUT2D eigenvalue weighted by molar-refractivity contribution is 5.76. The van der Waals surface area contributed by atoms with E-state index in [0.29, 0.717) is 24.9 Å². The van der Waals surface area contributed by atoms with Crippen molar-refractivity contribution in [2.24, 2.45) is 5.92 Å². The zero-order chi connectivity index (χ0) is 12.1. The highest BCUT2D eigenvalue weighted by Crippen LogP contribution is 2.14. The molecule has 94 valence electrons. The lowest BCUT2D eigenvalue weighted by atomic mass is 9.99. The Hall–Kier alpha value is -0.610. The maximum atomic E-state index is 11.9. The van der Waals surface area contributed by atoms with Crippen LogP contribution in [0, 0.1) is 5.92 Å². The van der Waals surface area contributed by atoms with Crippen molar-refractivity contribution in [3.8, 4) is 0 Å². The number of carbonyl (C=O) groups is 1. The molecule has 4 nitrogen and oxygen atoms in total. The van der Waals surface area contributed by atoms with Crippen LogP contribution in [-0.2, 0) is 4.79 Å². The van der Waals surface area contributed by atoms with Gasteiger partial charge in [-0.1, -0.05) is 20.8 Å². The van der Waals surface area contributed by atoms with Crippen molar-refractivity contribution in [1.29, 1.82) is 0 Å². The van der Waals surface area contributed by atoms with Crippen molar-refractivity contribution in [3.05, 3.63) is 0 Å². The molecule has 2 atom stereocenters. The summed E-state index contributed by atoms with van der Waals surface area (Å²) >= 11 is 0. The average Bonchev–Trinajstić information content (AvgIpc) is 2.28. The molecule has 0 spiro atoms. The maximum absolute atomic E-state index is 11.9. The Morgan fingerprint density at radius 3 is 2.75 bits per heavy atom. The van der Waals surface area contributed by atoms with Gasteiger partial charge in [0.2, 0.25) is 5.91 Å². The lowest BCUT2D eigenvalue weighted by molar-refractivity contribution is -0.136. The number of nitrogens with one attached hydrogen (secondary N) is 1. The van der Waals surface area contributed by atoms with Crippen LogP contribution < -0.4 is 5.32 Å². The Kier molecular flexibility index (Phi) is 5.22. The normalized spacial score (nSPS) is 26.2. The van der Waals surface area contributed by atoms with Gasteiger partial charge in [0.25, 0.3) is 0 Å². The zero-order valence-electron chi connectivity index (χ0n) is 10.6. The van der Waals surface area contributed by atoms with E-state index in [2.05, 4.69) is 19.2 Å². The molecule has 1 fully saturated rings. The van der Waals surface area contributed by atoms with Gasteiger partial charge in [0.15, 0.2) is 0 Å². The van der Waals surface area contributed by atoms with Crippen molar-refractivity contribution in [1.82, 2.24) is 10.2 Å². The van der Waals surface area contributed by atoms with Gasteiger partial charge in [-0.25, -0.2) is 0 Å². The lowest BCUT2D eigenvalue weighted by Crippen LogP contribution is -2.60. The van der Waals surface area contributed by atoms with Crippen LogP contribution in [0.4, 0.5) is 0 Å². The highest BCUT2D eigenvalue weighted by atomic mass is 16.3. The van der Waals surface area contributed by atoms with E-state index in [1.165, 1.54) is 0 Å². The summed E-state index contributed by atoms with van der Waals surface area (Å²) in [4.78, 5) is 13.8. The van der Waals surface area contributed by atoms with Gasteiger partial charge < -0.3 is 15.3 Å². The fourth-order valence-electron chi connectivity index (χ4n) is 2.10. The lowest BCUT2D eigenvalue weighted by Gasteiger charge is -2.41. The van der Waals surface area contributed by atoms with Gasteiger partial charge in [-0.15, -0.1) is 0 Å². The van der Waals surface area contributed by atoms with Gasteiger partial charge in [0, 0.05) is 25.6 Å². The summed E-state index contributed by atoms with van der Waals surface area (Å²) in [6.07, 6.45) is 1.45. The summed E-state index contributed by atoms with van der Waals surface area (Å²) in [7, 11) is 0. The van der Waals surface area contributed by atoms with Crippen LogP contribution in [0.25, 0.3) is 0 Å². The second kappa shape index (κ2) is 6.21. The monoisotopic (exact) mass is 228 g/mol. The molecule has 0 bridgehead atoms. The van der Waals surface area contributed by atoms with E-state index in [1.807, 2.05) is 11.8 Å². The number of aliphatic hydroxyl groups excluding tert-OH is 1. The number of hydrogen-bond acceptors (Lipinski definition) is 3. The van der Waals surface area contributed by atoms with Gasteiger partial charge in [0.05, 0.1) is 12.6 Å². The predicted molar refractivity (Wildman–Crippen MR) is 64.1 cm³/mol. The summed E-state index contributed by atoms with van der Waals surface area (Å²) in [5.74, 6) is 0.685. The number of amides is 1. The van der Waals surface area contributed by atoms with Gasteiger partial charge in [-0.2, -0.15) is 0 Å². The standard InChI is InChI=1S/C12H24N2O2/c1-4-5-12(16)14-7-11(9(2)3)13-6-10(14)8-15/h9-11,13,15H,4-8H2,1-3H3. The van der Waals surface area contributed by atoms with E-state index in [9.17, 15) is 9.90 Å². The minimum Gasteiger partial charge on any atom is -0.394 e. The Morgan fingerprint density at radius 2 is 2.25 bits per heavy atom. The van der Waals surface area contributed by atoms with E-state index in [-0.39, 0.29) is 18.6 Å². The second-order valence-corrected chi connectivity index (χ2v) is 4.89. The van der Waals surface area contributed by atoms with Crippen LogP contribution in [0.15, 0.2) is 0 Å². The predicted octanol–water partition coefficient (Wildman–Crippen LogP) is 0.604. The largest absolute Gasteiger partial charge is 0.394 e. The molecule has 2 unspecified atom stereocenters. The van der Waals surface area contributed by atoms with E-state index in [4.69, 9.17) is 0 Å². The fourth-order valence-corrected chi connectivity index (χ4v) is 2.10. The molecular formula is C12H24N2O2. The van der Waals surface area contributed by atoms with Crippen molar-refractivity contribution in [2.75, 3.05) is 19.7 Å². The molecule has 1 rings (SSSR count). The molecule has 4 heteroatoms. The highest BCUT2D eigenvalue weighted by Gasteiger charge is 2.31. The van der Waals surface area contributed by atoms with E-state index < -0.39 is 0 Å². The summed E-state index contributed by atoms with van der Waals surface area (Å²) < 4.78 is 0. The van der Waals surface area contributed by atoms with Gasteiger partial charge >= 0.3 is 0 Å². The summed E-state index contributed by atoms with van der Waals surface area (Å²) in [5, 5.41) is 12.7. The number of hydrogen-bond donors (Lipinski definition) is 2. The molecule has 1 amide bonds. The molecule has 2 N–H and O–H groups in total. The first-order valence-corrected chi connectivity index (χ1v) is 6.23. The zero-order valence-corrected chi connectivity index (χ0v) is 10.6. The van der Waals surface area contributed by atoms with Crippen molar-refractivity contribution in [3.63, 3.8) is 0 Å². The van der Waals surface area contributed by atoms with E-state index in [0.717, 1.165) is 13.0 Å². The van der Waals surface area contributed by atoms with Crippen molar-refractivity contribution >= 4 is 5.91 Å². The molecular weight excluding hydrogens is 204 g/mol. The molecule has 0 aromatic rings. The molecule has 0 aliphatic carbocycles. The molecule has 1 saturated heterocycles. The number of rotatable bonds is 4. The third-order valence-electron chi connectivity index (χ3n) is 3.25. The molecule has 0 radical (unpaired) electrons. The van der Waals surface area contributed by atoms with Crippen LogP contribution in [0.5, 0.6) is 0 Å². The first-order chi connectivity index (χ1) is 7.60. The third-order valence-corrected chi connectivity index (χ3v) is 3.25. The Morgan fingerprint density at radius 1 is 1.56 bits per heavy atom. The Labute approximate surface area is 98.0 Å². The molecule has 1 aliphatic heterocycles. The van der Waals surface area contributed by atoms with Crippen LogP contribution in [0.2, 0.25) is 0 Å². The summed E-state index contributed by atoms with van der Waals surface area (Å²) in [6.45, 7) is 7.79. The van der Waals surface area contributed by atoms with Crippen molar-refractivity contribution < 1.29 is 9.90 Å². The summed E-state index contributed by atoms with van der Waals surface area (Å²) in [6, 6.07) is 0.303. The maximum Gasteiger partial charge on any atom is 0.222 e. The molecule has 0 saturated carbocycles. The van der Waals surface area contributed by atoms with E-state index in [1.54, 1.807) is 0 Å². The topological polar surface area (TPSA) is 52.6 Å². The average molecular weight is 228 g/mol. The quantitative estimate of drug-likeness (QED) is 0.741. The molecule has 0 aromatic carbocycles. The van der Waals surface area contributed by atoms with Crippen LogP contribution in [0.3, 0.4) is 0 Å². The number of aliphatic hydroxyl groups is 1. The molecule has 1 aliphatic rings. The minimum absolute atomic E-state index is 0.0472. The third kappa shape index (κ3) is 3.19. The van der Waals surface area contributed by atoms with Crippen LogP contribution >= 0.6 is 0 Å². The molecule has 1 heterocycles.